The van der Waals surface area contributed by atoms with E-state index in [1.165, 1.54) is 0 Å². The van der Waals surface area contributed by atoms with E-state index in [9.17, 15) is 14.7 Å². The maximum atomic E-state index is 11.8. The predicted octanol–water partition coefficient (Wildman–Crippen LogP) is 2.17. The number of anilines is 1. The molecule has 0 aromatic heterocycles. The summed E-state index contributed by atoms with van der Waals surface area (Å²) in [6, 6.07) is 3.99. The molecule has 1 N–H and O–H groups in total. The molecular formula is C15H19NO3. The van der Waals surface area contributed by atoms with Crippen LogP contribution in [0, 0.1) is 12.3 Å². The number of carboxylic acids is 1. The fourth-order valence-electron chi connectivity index (χ4n) is 2.59. The highest BCUT2D eigenvalue weighted by Crippen LogP contribution is 2.36. The van der Waals surface area contributed by atoms with Crippen molar-refractivity contribution in [2.75, 3.05) is 11.9 Å². The van der Waals surface area contributed by atoms with Crippen molar-refractivity contribution in [1.82, 2.24) is 0 Å². The van der Waals surface area contributed by atoms with Crippen LogP contribution in [0.3, 0.4) is 0 Å². The molecule has 0 saturated heterocycles. The third-order valence-corrected chi connectivity index (χ3v) is 3.67. The number of aliphatic carboxylic acids is 1. The van der Waals surface area contributed by atoms with Crippen molar-refractivity contribution in [3.8, 4) is 0 Å². The summed E-state index contributed by atoms with van der Waals surface area (Å²) < 4.78 is 0. The van der Waals surface area contributed by atoms with E-state index in [0.717, 1.165) is 22.4 Å². The molecule has 0 aliphatic carbocycles. The summed E-state index contributed by atoms with van der Waals surface area (Å²) in [6.45, 7) is 5.39. The van der Waals surface area contributed by atoms with Gasteiger partial charge in [-0.15, -0.1) is 0 Å². The smallest absolute Gasteiger partial charge is 0.309 e. The van der Waals surface area contributed by atoms with Gasteiger partial charge in [-0.05, 0) is 38.3 Å². The second-order valence-corrected chi connectivity index (χ2v) is 5.93. The third-order valence-electron chi connectivity index (χ3n) is 3.67. The van der Waals surface area contributed by atoms with Gasteiger partial charge >= 0.3 is 5.97 Å². The number of nitrogens with zero attached hydrogens (tertiary/aromatic N) is 1. The van der Waals surface area contributed by atoms with Crippen molar-refractivity contribution >= 4 is 17.6 Å². The molecule has 4 nitrogen and oxygen atoms in total. The lowest BCUT2D eigenvalue weighted by atomic mass is 9.84. The lowest BCUT2D eigenvalue weighted by Gasteiger charge is -2.23. The molecular weight excluding hydrogens is 242 g/mol. The lowest BCUT2D eigenvalue weighted by molar-refractivity contribution is -0.146. The first kappa shape index (κ1) is 13.6. The van der Waals surface area contributed by atoms with Gasteiger partial charge in [-0.3, -0.25) is 9.59 Å². The summed E-state index contributed by atoms with van der Waals surface area (Å²) in [5.74, 6) is -0.760. The molecule has 0 spiro atoms. The molecule has 1 aliphatic heterocycles. The van der Waals surface area contributed by atoms with Gasteiger partial charge in [0.2, 0.25) is 5.91 Å². The Morgan fingerprint density at radius 3 is 2.63 bits per heavy atom. The van der Waals surface area contributed by atoms with Gasteiger partial charge in [0.05, 0.1) is 17.5 Å². The van der Waals surface area contributed by atoms with Gasteiger partial charge in [-0.2, -0.15) is 0 Å². The van der Waals surface area contributed by atoms with E-state index in [4.69, 9.17) is 0 Å². The fourth-order valence-corrected chi connectivity index (χ4v) is 2.59. The zero-order valence-electron chi connectivity index (χ0n) is 11.8. The first-order valence-electron chi connectivity index (χ1n) is 6.35. The lowest BCUT2D eigenvalue weighted by Crippen LogP contribution is -2.28. The molecule has 0 fully saturated rings. The van der Waals surface area contributed by atoms with Gasteiger partial charge in [0.25, 0.3) is 0 Å². The number of benzene rings is 1. The molecule has 0 bridgehead atoms. The van der Waals surface area contributed by atoms with E-state index < -0.39 is 11.4 Å². The summed E-state index contributed by atoms with van der Waals surface area (Å²) in [4.78, 5) is 24.7. The number of rotatable bonds is 3. The number of carboxylic acid groups (broad SMARTS) is 1. The van der Waals surface area contributed by atoms with Crippen molar-refractivity contribution < 1.29 is 14.7 Å². The van der Waals surface area contributed by atoms with E-state index >= 15 is 0 Å². The average molecular weight is 261 g/mol. The van der Waals surface area contributed by atoms with Crippen LogP contribution in [0.4, 0.5) is 5.69 Å². The summed E-state index contributed by atoms with van der Waals surface area (Å²) in [5, 5.41) is 9.26. The highest BCUT2D eigenvalue weighted by atomic mass is 16.4. The molecule has 0 radical (unpaired) electrons. The number of fused-ring (bicyclic) bond motifs is 1. The van der Waals surface area contributed by atoms with Crippen molar-refractivity contribution in [3.05, 3.63) is 28.8 Å². The third kappa shape index (κ3) is 2.35. The molecule has 0 saturated carbocycles. The summed E-state index contributed by atoms with van der Waals surface area (Å²) in [7, 11) is 1.75. The normalized spacial score (nSPS) is 14.7. The number of hydrogen-bond acceptors (Lipinski definition) is 2. The fraction of sp³-hybridized carbons (Fsp3) is 0.467. The monoisotopic (exact) mass is 261 g/mol. The van der Waals surface area contributed by atoms with Crippen molar-refractivity contribution in [3.63, 3.8) is 0 Å². The highest BCUT2D eigenvalue weighted by molar-refractivity contribution is 6.02. The Hall–Kier alpha value is -1.84. The van der Waals surface area contributed by atoms with E-state index in [1.807, 2.05) is 19.1 Å². The molecule has 1 amide bonds. The van der Waals surface area contributed by atoms with Crippen molar-refractivity contribution in [2.45, 2.75) is 33.6 Å². The predicted molar refractivity (Wildman–Crippen MR) is 73.4 cm³/mol. The van der Waals surface area contributed by atoms with Crippen LogP contribution in [0.25, 0.3) is 0 Å². The van der Waals surface area contributed by atoms with Gasteiger partial charge in [0.1, 0.15) is 0 Å². The van der Waals surface area contributed by atoms with E-state index in [2.05, 4.69) is 0 Å². The maximum Gasteiger partial charge on any atom is 0.309 e. The van der Waals surface area contributed by atoms with Crippen molar-refractivity contribution in [1.29, 1.82) is 0 Å². The van der Waals surface area contributed by atoms with Gasteiger partial charge < -0.3 is 10.0 Å². The standard InChI is InChI=1S/C15H19NO3/c1-9-5-10-7-12(17)16(4)13(10)11(6-9)8-15(2,3)14(18)19/h5-6H,7-8H2,1-4H3,(H,18,19). The molecule has 19 heavy (non-hydrogen) atoms. The van der Waals surface area contributed by atoms with Gasteiger partial charge in [0, 0.05) is 7.05 Å². The van der Waals surface area contributed by atoms with Crippen LogP contribution in [0.2, 0.25) is 0 Å². The Morgan fingerprint density at radius 1 is 1.42 bits per heavy atom. The van der Waals surface area contributed by atoms with Gasteiger partial charge in [-0.1, -0.05) is 17.7 Å². The molecule has 102 valence electrons. The summed E-state index contributed by atoms with van der Waals surface area (Å²) in [6.07, 6.45) is 0.831. The Bertz CT molecular complexity index is 561. The average Bonchev–Trinajstić information content (AvgIpc) is 2.53. The maximum absolute atomic E-state index is 11.8. The number of carbonyl (C=O) groups is 2. The van der Waals surface area contributed by atoms with Crippen LogP contribution in [0.5, 0.6) is 0 Å². The van der Waals surface area contributed by atoms with Gasteiger partial charge in [-0.25, -0.2) is 0 Å². The van der Waals surface area contributed by atoms with E-state index in [-0.39, 0.29) is 5.91 Å². The minimum Gasteiger partial charge on any atom is -0.481 e. The second-order valence-electron chi connectivity index (χ2n) is 5.93. The minimum atomic E-state index is -0.839. The largest absolute Gasteiger partial charge is 0.481 e. The van der Waals surface area contributed by atoms with Gasteiger partial charge in [0.15, 0.2) is 0 Å². The number of carbonyl (C=O) groups excluding carboxylic acids is 1. The second kappa shape index (κ2) is 4.37. The molecule has 0 unspecified atom stereocenters. The molecule has 1 heterocycles. The number of likely N-dealkylation sites (N-methyl/N-ethyl adjacent to an activating group) is 1. The van der Waals surface area contributed by atoms with Crippen LogP contribution in [0.15, 0.2) is 12.1 Å². The summed E-state index contributed by atoms with van der Waals surface area (Å²) >= 11 is 0. The molecule has 2 rings (SSSR count). The molecule has 1 aromatic carbocycles. The number of aryl methyl sites for hydroxylation is 1. The molecule has 1 aromatic rings. The van der Waals surface area contributed by atoms with E-state index in [1.54, 1.807) is 25.8 Å². The Labute approximate surface area is 113 Å². The zero-order chi connectivity index (χ0) is 14.4. The Balaban J connectivity index is 2.48. The van der Waals surface area contributed by atoms with Crippen LogP contribution in [0.1, 0.15) is 30.5 Å². The Morgan fingerprint density at radius 2 is 2.05 bits per heavy atom. The summed E-state index contributed by atoms with van der Waals surface area (Å²) in [5.41, 5.74) is 3.07. The highest BCUT2D eigenvalue weighted by Gasteiger charge is 2.32. The molecule has 4 heteroatoms. The number of hydrogen-bond donors (Lipinski definition) is 1. The van der Waals surface area contributed by atoms with Crippen LogP contribution >= 0.6 is 0 Å². The first-order chi connectivity index (χ1) is 8.72. The van der Waals surface area contributed by atoms with Crippen LogP contribution < -0.4 is 4.90 Å². The topological polar surface area (TPSA) is 57.6 Å². The van der Waals surface area contributed by atoms with Crippen LogP contribution in [-0.2, 0) is 22.4 Å². The zero-order valence-corrected chi connectivity index (χ0v) is 11.8. The SMILES string of the molecule is Cc1cc2c(c(CC(C)(C)C(=O)O)c1)N(C)C(=O)C2. The molecule has 0 atom stereocenters. The quantitative estimate of drug-likeness (QED) is 0.907. The van der Waals surface area contributed by atoms with Crippen molar-refractivity contribution in [2.24, 2.45) is 5.41 Å². The first-order valence-corrected chi connectivity index (χ1v) is 6.35. The minimum absolute atomic E-state index is 0.0648. The van der Waals surface area contributed by atoms with Crippen LogP contribution in [-0.4, -0.2) is 24.0 Å². The number of amides is 1. The molecule has 1 aliphatic rings. The van der Waals surface area contributed by atoms with E-state index in [0.29, 0.717) is 12.8 Å². The Kier molecular flexibility index (Phi) is 3.12.